The van der Waals surface area contributed by atoms with Gasteiger partial charge in [0.15, 0.2) is 0 Å². The number of hydrogen-bond donors (Lipinski definition) is 2. The van der Waals surface area contributed by atoms with Crippen LogP contribution in [0.1, 0.15) is 13.8 Å². The number of rotatable bonds is 8. The molecule has 1 amide bonds. The Hall–Kier alpha value is -0.650. The van der Waals surface area contributed by atoms with Crippen molar-refractivity contribution in [2.24, 2.45) is 5.73 Å². The number of carbonyl (C=O) groups excluding carboxylic acids is 1. The normalized spacial score (nSPS) is 15.3. The predicted molar refractivity (Wildman–Crippen MR) is 60.6 cm³/mol. The van der Waals surface area contributed by atoms with Crippen LogP contribution in [0, 0.1) is 0 Å². The van der Waals surface area contributed by atoms with Gasteiger partial charge in [0, 0.05) is 20.2 Å². The monoisotopic (exact) mass is 217 g/mol. The van der Waals surface area contributed by atoms with Gasteiger partial charge in [-0.1, -0.05) is 6.92 Å². The van der Waals surface area contributed by atoms with Gasteiger partial charge in [0.1, 0.15) is 5.54 Å². The van der Waals surface area contributed by atoms with E-state index in [1.54, 1.807) is 7.11 Å². The lowest BCUT2D eigenvalue weighted by atomic mass is 10.0. The van der Waals surface area contributed by atoms with Gasteiger partial charge >= 0.3 is 0 Å². The summed E-state index contributed by atoms with van der Waals surface area (Å²) in [6.45, 7) is 6.51. The molecular formula is C10H23N3O2. The van der Waals surface area contributed by atoms with Crippen molar-refractivity contribution in [3.05, 3.63) is 0 Å². The first-order chi connectivity index (χ1) is 6.96. The van der Waals surface area contributed by atoms with Crippen molar-refractivity contribution in [1.82, 2.24) is 10.2 Å². The maximum Gasteiger partial charge on any atom is 0.238 e. The van der Waals surface area contributed by atoms with E-state index in [4.69, 9.17) is 10.5 Å². The minimum absolute atomic E-state index is 0.325. The molecule has 0 spiro atoms. The van der Waals surface area contributed by atoms with Crippen LogP contribution in [0.25, 0.3) is 0 Å². The van der Waals surface area contributed by atoms with Crippen LogP contribution in [-0.2, 0) is 9.53 Å². The maximum absolute atomic E-state index is 11.3. The van der Waals surface area contributed by atoms with Gasteiger partial charge in [0.05, 0.1) is 6.61 Å². The number of nitrogens with zero attached hydrogens (tertiary/aromatic N) is 1. The largest absolute Gasteiger partial charge is 0.383 e. The molecule has 0 aromatic rings. The van der Waals surface area contributed by atoms with Gasteiger partial charge in [0.25, 0.3) is 0 Å². The molecule has 0 bridgehead atoms. The molecule has 90 valence electrons. The molecule has 5 heteroatoms. The van der Waals surface area contributed by atoms with Crippen molar-refractivity contribution in [2.45, 2.75) is 19.4 Å². The zero-order chi connectivity index (χ0) is 11.9. The molecule has 0 saturated carbocycles. The molecule has 0 aliphatic heterocycles. The van der Waals surface area contributed by atoms with Crippen molar-refractivity contribution in [1.29, 1.82) is 0 Å². The van der Waals surface area contributed by atoms with Crippen molar-refractivity contribution in [3.63, 3.8) is 0 Å². The topological polar surface area (TPSA) is 67.6 Å². The van der Waals surface area contributed by atoms with Crippen LogP contribution in [0.4, 0.5) is 0 Å². The lowest BCUT2D eigenvalue weighted by Crippen LogP contribution is -2.59. The number of primary amides is 1. The molecule has 1 atom stereocenters. The number of methoxy groups -OCH3 is 1. The number of carbonyl (C=O) groups is 1. The molecule has 0 saturated heterocycles. The van der Waals surface area contributed by atoms with Crippen LogP contribution in [0.15, 0.2) is 0 Å². The summed E-state index contributed by atoms with van der Waals surface area (Å²) in [5, 5.41) is 3.11. The second-order valence-corrected chi connectivity index (χ2v) is 3.96. The third-order valence-corrected chi connectivity index (χ3v) is 2.37. The Labute approximate surface area is 91.9 Å². The number of hydrogen-bond acceptors (Lipinski definition) is 4. The Morgan fingerprint density at radius 3 is 2.60 bits per heavy atom. The molecule has 1 unspecified atom stereocenters. The molecule has 0 rings (SSSR count). The van der Waals surface area contributed by atoms with Crippen LogP contribution in [-0.4, -0.2) is 56.7 Å². The van der Waals surface area contributed by atoms with Crippen molar-refractivity contribution in [3.8, 4) is 0 Å². The number of amides is 1. The first kappa shape index (κ1) is 14.3. The van der Waals surface area contributed by atoms with Crippen LogP contribution in [0.3, 0.4) is 0 Å². The fourth-order valence-electron chi connectivity index (χ4n) is 1.48. The first-order valence-corrected chi connectivity index (χ1v) is 5.18. The highest BCUT2D eigenvalue weighted by molar-refractivity contribution is 5.84. The van der Waals surface area contributed by atoms with Gasteiger partial charge in [-0.3, -0.25) is 4.79 Å². The highest BCUT2D eigenvalue weighted by atomic mass is 16.5. The Balaban J connectivity index is 4.21. The van der Waals surface area contributed by atoms with Crippen molar-refractivity contribution in [2.75, 3.05) is 40.4 Å². The molecule has 0 aliphatic rings. The number of nitrogens with one attached hydrogen (secondary N) is 1. The average Bonchev–Trinajstić information content (AvgIpc) is 2.14. The standard InChI is InChI=1S/C10H23N3O2/c1-5-12-10(2,9(11)14)8-13(3)6-7-15-4/h12H,5-8H2,1-4H3,(H2,11,14). The summed E-state index contributed by atoms with van der Waals surface area (Å²) in [4.78, 5) is 13.3. The smallest absolute Gasteiger partial charge is 0.238 e. The average molecular weight is 217 g/mol. The minimum atomic E-state index is -0.669. The van der Waals surface area contributed by atoms with E-state index in [0.29, 0.717) is 13.2 Å². The maximum atomic E-state index is 11.3. The molecule has 0 radical (unpaired) electrons. The Bertz CT molecular complexity index is 199. The summed E-state index contributed by atoms with van der Waals surface area (Å²) in [7, 11) is 3.60. The van der Waals surface area contributed by atoms with Crippen LogP contribution >= 0.6 is 0 Å². The van der Waals surface area contributed by atoms with Gasteiger partial charge in [-0.05, 0) is 20.5 Å². The number of likely N-dealkylation sites (N-methyl/N-ethyl adjacent to an activating group) is 2. The van der Waals surface area contributed by atoms with E-state index in [9.17, 15) is 4.79 Å². The van der Waals surface area contributed by atoms with Crippen molar-refractivity contribution >= 4 is 5.91 Å². The van der Waals surface area contributed by atoms with Gasteiger partial charge in [-0.25, -0.2) is 0 Å². The molecule has 15 heavy (non-hydrogen) atoms. The summed E-state index contributed by atoms with van der Waals surface area (Å²) in [6.07, 6.45) is 0. The Morgan fingerprint density at radius 2 is 2.20 bits per heavy atom. The summed E-state index contributed by atoms with van der Waals surface area (Å²) in [6, 6.07) is 0. The van der Waals surface area contributed by atoms with E-state index >= 15 is 0 Å². The Morgan fingerprint density at radius 1 is 1.60 bits per heavy atom. The molecular weight excluding hydrogens is 194 g/mol. The third kappa shape index (κ3) is 5.11. The van der Waals surface area contributed by atoms with Gasteiger partial charge in [-0.15, -0.1) is 0 Å². The lowest BCUT2D eigenvalue weighted by molar-refractivity contribution is -0.124. The van der Waals surface area contributed by atoms with Crippen LogP contribution in [0.5, 0.6) is 0 Å². The van der Waals surface area contributed by atoms with E-state index in [1.807, 2.05) is 25.8 Å². The summed E-state index contributed by atoms with van der Waals surface area (Å²) < 4.78 is 4.97. The third-order valence-electron chi connectivity index (χ3n) is 2.37. The quantitative estimate of drug-likeness (QED) is 0.571. The lowest BCUT2D eigenvalue weighted by Gasteiger charge is -2.31. The number of ether oxygens (including phenoxy) is 1. The minimum Gasteiger partial charge on any atom is -0.383 e. The molecule has 0 heterocycles. The second kappa shape index (κ2) is 6.76. The van der Waals surface area contributed by atoms with E-state index in [0.717, 1.165) is 13.1 Å². The first-order valence-electron chi connectivity index (χ1n) is 5.18. The summed E-state index contributed by atoms with van der Waals surface area (Å²) in [5.74, 6) is -0.325. The highest BCUT2D eigenvalue weighted by Gasteiger charge is 2.30. The predicted octanol–water partition coefficient (Wildman–Crippen LogP) is -0.582. The van der Waals surface area contributed by atoms with Gasteiger partial charge < -0.3 is 20.7 Å². The molecule has 0 fully saturated rings. The zero-order valence-electron chi connectivity index (χ0n) is 10.2. The van der Waals surface area contributed by atoms with E-state index in [-0.39, 0.29) is 5.91 Å². The second-order valence-electron chi connectivity index (χ2n) is 3.96. The van der Waals surface area contributed by atoms with Crippen LogP contribution < -0.4 is 11.1 Å². The summed E-state index contributed by atoms with van der Waals surface area (Å²) >= 11 is 0. The number of nitrogens with two attached hydrogens (primary N) is 1. The zero-order valence-corrected chi connectivity index (χ0v) is 10.2. The molecule has 0 aliphatic carbocycles. The van der Waals surface area contributed by atoms with E-state index < -0.39 is 5.54 Å². The van der Waals surface area contributed by atoms with E-state index in [1.165, 1.54) is 0 Å². The molecule has 0 aromatic heterocycles. The molecule has 5 nitrogen and oxygen atoms in total. The fraction of sp³-hybridized carbons (Fsp3) is 0.900. The van der Waals surface area contributed by atoms with Crippen LogP contribution in [0.2, 0.25) is 0 Å². The van der Waals surface area contributed by atoms with Crippen molar-refractivity contribution < 1.29 is 9.53 Å². The Kier molecular flexibility index (Phi) is 6.47. The van der Waals surface area contributed by atoms with Gasteiger partial charge in [0.2, 0.25) is 5.91 Å². The molecule has 3 N–H and O–H groups in total. The fourth-order valence-corrected chi connectivity index (χ4v) is 1.48. The summed E-state index contributed by atoms with van der Waals surface area (Å²) in [5.41, 5.74) is 4.71. The van der Waals surface area contributed by atoms with E-state index in [2.05, 4.69) is 5.32 Å². The van der Waals surface area contributed by atoms with Gasteiger partial charge in [-0.2, -0.15) is 0 Å². The molecule has 0 aromatic carbocycles. The highest BCUT2D eigenvalue weighted by Crippen LogP contribution is 2.04. The SMILES string of the molecule is CCNC(C)(CN(C)CCOC)C(N)=O.